The summed E-state index contributed by atoms with van der Waals surface area (Å²) in [5.74, 6) is -1.22. The van der Waals surface area contributed by atoms with Crippen LogP contribution in [0.4, 0.5) is 0 Å². The van der Waals surface area contributed by atoms with E-state index in [1.165, 1.54) is 0 Å². The van der Waals surface area contributed by atoms with E-state index in [0.29, 0.717) is 0 Å². The molecule has 0 aliphatic rings. The van der Waals surface area contributed by atoms with Crippen LogP contribution in [-0.2, 0) is 11.2 Å². The molecule has 0 fully saturated rings. The van der Waals surface area contributed by atoms with Gasteiger partial charge in [-0.3, -0.25) is 0 Å². The first kappa shape index (κ1) is 32.1. The Balaban J connectivity index is -0.000000142. The molecule has 1 heterocycles. The van der Waals surface area contributed by atoms with Gasteiger partial charge < -0.3 is 48.0 Å². The number of carboxylic acid groups (broad SMARTS) is 1. The molecule has 21 heavy (non-hydrogen) atoms. The number of rotatable bonds is 3. The van der Waals surface area contributed by atoms with Crippen LogP contribution in [0.1, 0.15) is 5.56 Å². The molecule has 0 spiro atoms. The van der Waals surface area contributed by atoms with E-state index < -0.39 is 12.0 Å². The number of carbonyl (C=O) groups is 1. The predicted molar refractivity (Wildman–Crippen MR) is 73.1 cm³/mol. The Morgan fingerprint density at radius 1 is 1.14 bits per heavy atom. The standard InChI is InChI=1S/C11H12N2O2.Na.5H2O/c12-9(11(14)15)5-7-6-13-10-4-2-1-3-8(7)10;;;;;;/h1-4,6,9,13H,5,12H2,(H,14,15);;5*1H2/q;+1;;;;;/p-1/t9-;;;;;;/m0....../s1. The molecule has 0 saturated carbocycles. The van der Waals surface area contributed by atoms with Crippen molar-refractivity contribution >= 4 is 16.9 Å². The molecule has 0 radical (unpaired) electrons. The minimum absolute atomic E-state index is 0. The van der Waals surface area contributed by atoms with E-state index in [4.69, 9.17) is 5.73 Å². The van der Waals surface area contributed by atoms with E-state index in [1.807, 2.05) is 24.3 Å². The number of carboxylic acids is 1. The number of para-hydroxylation sites is 1. The fourth-order valence-electron chi connectivity index (χ4n) is 1.62. The molecule has 9 nitrogen and oxygen atoms in total. The summed E-state index contributed by atoms with van der Waals surface area (Å²) in [4.78, 5) is 13.6. The maximum Gasteiger partial charge on any atom is 1.00 e. The van der Waals surface area contributed by atoms with Gasteiger partial charge in [-0.2, -0.15) is 0 Å². The van der Waals surface area contributed by atoms with Gasteiger partial charge in [-0.15, -0.1) is 0 Å². The summed E-state index contributed by atoms with van der Waals surface area (Å²) in [6, 6.07) is 6.74. The van der Waals surface area contributed by atoms with Crippen LogP contribution in [0.15, 0.2) is 30.5 Å². The van der Waals surface area contributed by atoms with Crippen molar-refractivity contribution in [3.05, 3.63) is 36.0 Å². The van der Waals surface area contributed by atoms with E-state index >= 15 is 0 Å². The number of aliphatic carboxylic acids is 1. The Hall–Kier alpha value is -1.01. The van der Waals surface area contributed by atoms with Crippen molar-refractivity contribution in [1.29, 1.82) is 0 Å². The van der Waals surface area contributed by atoms with Crippen LogP contribution in [0, 0.1) is 0 Å². The number of aromatic amines is 1. The van der Waals surface area contributed by atoms with Gasteiger partial charge >= 0.3 is 29.6 Å². The Morgan fingerprint density at radius 3 is 2.19 bits per heavy atom. The Bertz CT molecular complexity index is 506. The second-order valence-electron chi connectivity index (χ2n) is 3.49. The van der Waals surface area contributed by atoms with Crippen LogP contribution >= 0.6 is 0 Å². The second kappa shape index (κ2) is 13.9. The summed E-state index contributed by atoms with van der Waals surface area (Å²) in [7, 11) is 0. The van der Waals surface area contributed by atoms with Gasteiger partial charge in [-0.25, -0.2) is 0 Å². The van der Waals surface area contributed by atoms with Crippen molar-refractivity contribution in [1.82, 2.24) is 4.98 Å². The topological polar surface area (TPSA) is 239 Å². The Kier molecular flexibility index (Phi) is 21.3. The number of benzene rings is 1. The van der Waals surface area contributed by atoms with E-state index in [0.717, 1.165) is 16.5 Å². The maximum absolute atomic E-state index is 10.5. The van der Waals surface area contributed by atoms with Gasteiger partial charge in [0.1, 0.15) is 0 Å². The summed E-state index contributed by atoms with van der Waals surface area (Å²) in [6.45, 7) is 0. The molecule has 0 amide bonds. The molecule has 1 aromatic heterocycles. The van der Waals surface area contributed by atoms with Gasteiger partial charge in [0.05, 0.1) is 5.97 Å². The Morgan fingerprint density at radius 2 is 1.67 bits per heavy atom. The molecule has 2 aromatic rings. The average molecular weight is 316 g/mol. The third kappa shape index (κ3) is 7.52. The third-order valence-corrected chi connectivity index (χ3v) is 2.42. The fourth-order valence-corrected chi connectivity index (χ4v) is 1.62. The van der Waals surface area contributed by atoms with Crippen molar-refractivity contribution in [2.24, 2.45) is 5.73 Å². The van der Waals surface area contributed by atoms with Crippen LogP contribution in [0.3, 0.4) is 0 Å². The van der Waals surface area contributed by atoms with Crippen LogP contribution in [0.25, 0.3) is 10.9 Å². The van der Waals surface area contributed by atoms with Crippen LogP contribution in [0.5, 0.6) is 0 Å². The second-order valence-corrected chi connectivity index (χ2v) is 3.49. The van der Waals surface area contributed by atoms with E-state index in [1.54, 1.807) is 6.20 Å². The molecule has 0 aliphatic carbocycles. The third-order valence-electron chi connectivity index (χ3n) is 2.42. The van der Waals surface area contributed by atoms with Crippen LogP contribution < -0.4 is 40.4 Å². The number of fused-ring (bicyclic) bond motifs is 1. The molecule has 0 unspecified atom stereocenters. The summed E-state index contributed by atoms with van der Waals surface area (Å²) in [6.07, 6.45) is 2.07. The minimum atomic E-state index is -1.22. The van der Waals surface area contributed by atoms with Crippen molar-refractivity contribution in [3.63, 3.8) is 0 Å². The largest absolute Gasteiger partial charge is 1.00 e. The van der Waals surface area contributed by atoms with Gasteiger partial charge in [0.25, 0.3) is 0 Å². The van der Waals surface area contributed by atoms with Crippen molar-refractivity contribution < 1.29 is 66.8 Å². The zero-order valence-electron chi connectivity index (χ0n) is 11.6. The molecule has 0 saturated heterocycles. The first-order valence-electron chi connectivity index (χ1n) is 4.70. The predicted octanol–water partition coefficient (Wildman–Crippen LogP) is -7.33. The fraction of sp³-hybridized carbons (Fsp3) is 0.182. The number of aromatic nitrogens is 1. The summed E-state index contributed by atoms with van der Waals surface area (Å²) >= 11 is 0. The molecular weight excluding hydrogens is 295 g/mol. The summed E-state index contributed by atoms with van der Waals surface area (Å²) < 4.78 is 0. The monoisotopic (exact) mass is 316 g/mol. The molecule has 13 N–H and O–H groups in total. The molecule has 0 bridgehead atoms. The Labute approximate surface area is 143 Å². The molecule has 1 aromatic carbocycles. The zero-order valence-corrected chi connectivity index (χ0v) is 13.6. The number of H-pyrrole nitrogens is 1. The number of nitrogens with one attached hydrogen (secondary N) is 1. The van der Waals surface area contributed by atoms with Gasteiger partial charge in [-0.1, -0.05) is 18.2 Å². The first-order chi connectivity index (χ1) is 7.18. The van der Waals surface area contributed by atoms with Crippen LogP contribution in [-0.4, -0.2) is 44.4 Å². The van der Waals surface area contributed by atoms with Crippen molar-refractivity contribution in [2.75, 3.05) is 0 Å². The van der Waals surface area contributed by atoms with Gasteiger partial charge in [0, 0.05) is 23.1 Å². The van der Waals surface area contributed by atoms with Gasteiger partial charge in [0.2, 0.25) is 0 Å². The van der Waals surface area contributed by atoms with E-state index in [2.05, 4.69) is 4.98 Å². The molecule has 2 rings (SSSR count). The molecule has 118 valence electrons. The number of nitrogens with two attached hydrogens (primary N) is 1. The minimum Gasteiger partial charge on any atom is -0.548 e. The van der Waals surface area contributed by atoms with Crippen LogP contribution in [0.2, 0.25) is 0 Å². The van der Waals surface area contributed by atoms with E-state index in [-0.39, 0.29) is 63.4 Å². The maximum atomic E-state index is 10.5. The van der Waals surface area contributed by atoms with E-state index in [9.17, 15) is 9.90 Å². The molecule has 0 aliphatic heterocycles. The summed E-state index contributed by atoms with van der Waals surface area (Å²) in [5, 5.41) is 11.5. The quantitative estimate of drug-likeness (QED) is 0.524. The normalized spacial score (nSPS) is 9.19. The average Bonchev–Trinajstić information content (AvgIpc) is 2.62. The van der Waals surface area contributed by atoms with Crippen molar-refractivity contribution in [3.8, 4) is 0 Å². The summed E-state index contributed by atoms with van der Waals surface area (Å²) in [5.41, 5.74) is 7.31. The molecular formula is C11H21N2NaO7. The number of carbonyl (C=O) groups excluding carboxylic acids is 1. The molecule has 1 atom stereocenters. The number of hydrogen-bond donors (Lipinski definition) is 2. The molecule has 10 heteroatoms. The smallest absolute Gasteiger partial charge is 0.548 e. The SMILES string of the molecule is N[C@@H](Cc1c[nH]c2ccccc12)C(=O)[O-].O.O.O.O.O.[Na+]. The van der Waals surface area contributed by atoms with Crippen molar-refractivity contribution in [2.45, 2.75) is 12.5 Å². The zero-order chi connectivity index (χ0) is 10.8. The van der Waals surface area contributed by atoms with Gasteiger partial charge in [0.15, 0.2) is 0 Å². The number of hydrogen-bond acceptors (Lipinski definition) is 3. The van der Waals surface area contributed by atoms with Gasteiger partial charge in [-0.05, 0) is 18.1 Å². The first-order valence-corrected chi connectivity index (χ1v) is 4.70.